The summed E-state index contributed by atoms with van der Waals surface area (Å²) in [6.45, 7) is 1.74. The minimum absolute atomic E-state index is 0.00151. The van der Waals surface area contributed by atoms with E-state index in [2.05, 4.69) is 15.4 Å². The number of hydrogen-bond donors (Lipinski definition) is 2. The van der Waals surface area contributed by atoms with E-state index in [-0.39, 0.29) is 18.2 Å². The fraction of sp³-hybridized carbons (Fsp3) is 0.308. The van der Waals surface area contributed by atoms with Crippen LogP contribution in [0, 0.1) is 5.82 Å². The number of aromatic amines is 1. The quantitative estimate of drug-likeness (QED) is 0.852. The van der Waals surface area contributed by atoms with Crippen molar-refractivity contribution >= 4 is 11.9 Å². The minimum Gasteiger partial charge on any atom is -0.293 e. The molecule has 2 aromatic rings. The lowest BCUT2D eigenvalue weighted by atomic mass is 9.97. The fourth-order valence-corrected chi connectivity index (χ4v) is 1.81. The zero-order valence-corrected chi connectivity index (χ0v) is 11.4. The molecule has 1 atom stereocenters. The molecule has 5 nitrogen and oxygen atoms in total. The van der Waals surface area contributed by atoms with Crippen molar-refractivity contribution in [3.05, 3.63) is 41.5 Å². The van der Waals surface area contributed by atoms with Crippen LogP contribution in [-0.2, 0) is 11.0 Å². The van der Waals surface area contributed by atoms with Gasteiger partial charge < -0.3 is 0 Å². The largest absolute Gasteiger partial charge is 0.451 e. The number of amides is 1. The van der Waals surface area contributed by atoms with Crippen LogP contribution in [0.5, 0.6) is 0 Å². The number of benzene rings is 1. The van der Waals surface area contributed by atoms with Gasteiger partial charge in [0.05, 0.1) is 0 Å². The van der Waals surface area contributed by atoms with Gasteiger partial charge in [-0.3, -0.25) is 15.2 Å². The number of halogens is 4. The summed E-state index contributed by atoms with van der Waals surface area (Å²) in [6, 6.07) is 5.63. The molecule has 0 spiro atoms. The third kappa shape index (κ3) is 4.03. The van der Waals surface area contributed by atoms with E-state index in [4.69, 9.17) is 0 Å². The van der Waals surface area contributed by atoms with E-state index >= 15 is 0 Å². The highest BCUT2D eigenvalue weighted by molar-refractivity contribution is 5.89. The maximum atomic E-state index is 12.8. The fourth-order valence-electron chi connectivity index (χ4n) is 1.81. The Morgan fingerprint density at radius 1 is 1.32 bits per heavy atom. The Bertz CT molecular complexity index is 651. The van der Waals surface area contributed by atoms with E-state index in [0.29, 0.717) is 0 Å². The van der Waals surface area contributed by atoms with Gasteiger partial charge in [-0.25, -0.2) is 4.39 Å². The Morgan fingerprint density at radius 3 is 2.50 bits per heavy atom. The van der Waals surface area contributed by atoms with E-state index < -0.39 is 23.9 Å². The molecule has 0 saturated heterocycles. The first-order valence-corrected chi connectivity index (χ1v) is 6.30. The SMILES string of the molecule is C[C@@H](CC(=O)Nc1n[nH]c(C(F)(F)F)n1)c1ccc(F)cc1. The van der Waals surface area contributed by atoms with Gasteiger partial charge in [-0.1, -0.05) is 19.1 Å². The van der Waals surface area contributed by atoms with Crippen molar-refractivity contribution in [2.75, 3.05) is 5.32 Å². The van der Waals surface area contributed by atoms with Crippen molar-refractivity contribution in [3.8, 4) is 0 Å². The maximum absolute atomic E-state index is 12.8. The first-order chi connectivity index (χ1) is 10.3. The molecule has 118 valence electrons. The second kappa shape index (κ2) is 6.12. The second-order valence-corrected chi connectivity index (χ2v) is 4.71. The molecule has 0 bridgehead atoms. The number of rotatable bonds is 4. The van der Waals surface area contributed by atoms with Crippen molar-refractivity contribution in [3.63, 3.8) is 0 Å². The molecule has 2 rings (SSSR count). The summed E-state index contributed by atoms with van der Waals surface area (Å²) in [5, 5.41) is 7.16. The summed E-state index contributed by atoms with van der Waals surface area (Å²) in [6.07, 6.45) is -4.65. The summed E-state index contributed by atoms with van der Waals surface area (Å²) in [5.74, 6) is -2.88. The molecule has 0 fully saturated rings. The first-order valence-electron chi connectivity index (χ1n) is 6.30. The third-order valence-corrected chi connectivity index (χ3v) is 2.94. The minimum atomic E-state index is -4.66. The smallest absolute Gasteiger partial charge is 0.293 e. The van der Waals surface area contributed by atoms with Crippen LogP contribution in [0.3, 0.4) is 0 Å². The topological polar surface area (TPSA) is 70.7 Å². The van der Waals surface area contributed by atoms with E-state index in [1.54, 1.807) is 24.2 Å². The lowest BCUT2D eigenvalue weighted by molar-refractivity contribution is -0.144. The highest BCUT2D eigenvalue weighted by atomic mass is 19.4. The molecule has 0 radical (unpaired) electrons. The Balaban J connectivity index is 1.95. The van der Waals surface area contributed by atoms with Crippen molar-refractivity contribution in [1.29, 1.82) is 0 Å². The summed E-state index contributed by atoms with van der Waals surface area (Å²) < 4.78 is 49.8. The van der Waals surface area contributed by atoms with Crippen LogP contribution in [0.15, 0.2) is 24.3 Å². The van der Waals surface area contributed by atoms with Crippen molar-refractivity contribution in [2.24, 2.45) is 0 Å². The molecule has 1 amide bonds. The number of aromatic nitrogens is 3. The Morgan fingerprint density at radius 2 is 1.95 bits per heavy atom. The van der Waals surface area contributed by atoms with E-state index in [1.807, 2.05) is 0 Å². The predicted octanol–water partition coefficient (Wildman–Crippen LogP) is 3.09. The number of carbonyl (C=O) groups is 1. The highest BCUT2D eigenvalue weighted by Gasteiger charge is 2.35. The number of carbonyl (C=O) groups excluding carboxylic acids is 1. The molecule has 2 N–H and O–H groups in total. The standard InChI is InChI=1S/C13H12F4N4O/c1-7(8-2-4-9(14)5-3-8)6-10(22)18-12-19-11(20-21-12)13(15,16)17/h2-5,7H,6H2,1H3,(H2,18,19,20,21,22)/t7-/m0/s1. The van der Waals surface area contributed by atoms with Crippen LogP contribution >= 0.6 is 0 Å². The van der Waals surface area contributed by atoms with Gasteiger partial charge in [0.15, 0.2) is 0 Å². The lowest BCUT2D eigenvalue weighted by Gasteiger charge is -2.10. The summed E-state index contributed by atoms with van der Waals surface area (Å²) in [5.41, 5.74) is 0.738. The lowest BCUT2D eigenvalue weighted by Crippen LogP contribution is -2.15. The Hall–Kier alpha value is -2.45. The molecule has 0 unspecified atom stereocenters. The molecule has 0 aliphatic rings. The highest BCUT2D eigenvalue weighted by Crippen LogP contribution is 2.26. The normalized spacial score (nSPS) is 13.0. The average Bonchev–Trinajstić information content (AvgIpc) is 2.87. The number of anilines is 1. The van der Waals surface area contributed by atoms with Gasteiger partial charge in [-0.2, -0.15) is 18.2 Å². The predicted molar refractivity (Wildman–Crippen MR) is 69.4 cm³/mol. The average molecular weight is 316 g/mol. The first kappa shape index (κ1) is 15.9. The van der Waals surface area contributed by atoms with Gasteiger partial charge in [0.1, 0.15) is 5.82 Å². The molecule has 1 aromatic heterocycles. The third-order valence-electron chi connectivity index (χ3n) is 2.94. The molecule has 0 saturated carbocycles. The summed E-state index contributed by atoms with van der Waals surface area (Å²) in [4.78, 5) is 14.9. The molecule has 0 aliphatic heterocycles. The van der Waals surface area contributed by atoms with Gasteiger partial charge in [-0.05, 0) is 23.6 Å². The van der Waals surface area contributed by atoms with Crippen molar-refractivity contribution < 1.29 is 22.4 Å². The number of nitrogens with one attached hydrogen (secondary N) is 2. The summed E-state index contributed by atoms with van der Waals surface area (Å²) in [7, 11) is 0. The molecule has 9 heteroatoms. The van der Waals surface area contributed by atoms with Crippen LogP contribution in [-0.4, -0.2) is 21.1 Å². The Kier molecular flexibility index (Phi) is 4.43. The maximum Gasteiger partial charge on any atom is 0.451 e. The molecule has 1 heterocycles. The molecular formula is C13H12F4N4O. The van der Waals surface area contributed by atoms with Crippen LogP contribution in [0.2, 0.25) is 0 Å². The number of alkyl halides is 3. The van der Waals surface area contributed by atoms with Gasteiger partial charge >= 0.3 is 6.18 Å². The van der Waals surface area contributed by atoms with Gasteiger partial charge in [0, 0.05) is 6.42 Å². The van der Waals surface area contributed by atoms with E-state index in [0.717, 1.165) is 5.56 Å². The summed E-state index contributed by atoms with van der Waals surface area (Å²) >= 11 is 0. The van der Waals surface area contributed by atoms with E-state index in [9.17, 15) is 22.4 Å². The second-order valence-electron chi connectivity index (χ2n) is 4.71. The van der Waals surface area contributed by atoms with Crippen LogP contribution in [0.4, 0.5) is 23.5 Å². The zero-order valence-electron chi connectivity index (χ0n) is 11.4. The molecule has 1 aromatic carbocycles. The van der Waals surface area contributed by atoms with Crippen LogP contribution < -0.4 is 5.32 Å². The number of hydrogen-bond acceptors (Lipinski definition) is 3. The number of nitrogens with zero attached hydrogens (tertiary/aromatic N) is 2. The zero-order chi connectivity index (χ0) is 16.3. The molecule has 0 aliphatic carbocycles. The number of H-pyrrole nitrogens is 1. The van der Waals surface area contributed by atoms with Crippen molar-refractivity contribution in [1.82, 2.24) is 15.2 Å². The Labute approximate surface area is 122 Å². The monoisotopic (exact) mass is 316 g/mol. The van der Waals surface area contributed by atoms with Crippen molar-refractivity contribution in [2.45, 2.75) is 25.4 Å². The van der Waals surface area contributed by atoms with Crippen LogP contribution in [0.25, 0.3) is 0 Å². The van der Waals surface area contributed by atoms with Gasteiger partial charge in [-0.15, -0.1) is 5.10 Å². The van der Waals surface area contributed by atoms with E-state index in [1.165, 1.54) is 12.1 Å². The molecular weight excluding hydrogens is 304 g/mol. The van der Waals surface area contributed by atoms with Gasteiger partial charge in [0.25, 0.3) is 0 Å². The van der Waals surface area contributed by atoms with Gasteiger partial charge in [0.2, 0.25) is 17.7 Å². The molecule has 22 heavy (non-hydrogen) atoms. The van der Waals surface area contributed by atoms with Crippen LogP contribution in [0.1, 0.15) is 30.7 Å².